The Labute approximate surface area is 120 Å². The van der Waals surface area contributed by atoms with Gasteiger partial charge in [0.15, 0.2) is 0 Å². The minimum atomic E-state index is 0.467. The van der Waals surface area contributed by atoms with E-state index < -0.39 is 0 Å². The largest absolute Gasteiger partial charge is 0.494 e. The summed E-state index contributed by atoms with van der Waals surface area (Å²) in [6.07, 6.45) is 2.56. The predicted molar refractivity (Wildman–Crippen MR) is 81.3 cm³/mol. The van der Waals surface area contributed by atoms with E-state index in [2.05, 4.69) is 25.2 Å². The molecule has 108 valence electrons. The fraction of sp³-hybridized carbons (Fsp3) is 0.529. The molecule has 2 aromatic rings. The highest BCUT2D eigenvalue weighted by Crippen LogP contribution is 2.46. The molecule has 3 nitrogen and oxygen atoms in total. The van der Waals surface area contributed by atoms with E-state index in [0.717, 1.165) is 23.6 Å². The Morgan fingerprint density at radius 3 is 2.80 bits per heavy atom. The fourth-order valence-electron chi connectivity index (χ4n) is 2.65. The second-order valence-corrected chi connectivity index (χ2v) is 5.84. The maximum Gasteiger partial charge on any atom is 0.134 e. The minimum absolute atomic E-state index is 0.467. The van der Waals surface area contributed by atoms with Crippen molar-refractivity contribution < 1.29 is 9.15 Å². The van der Waals surface area contributed by atoms with Crippen molar-refractivity contribution in [1.82, 2.24) is 5.32 Å². The van der Waals surface area contributed by atoms with Crippen LogP contribution in [0.3, 0.4) is 0 Å². The molecule has 1 saturated carbocycles. The Hall–Kier alpha value is -1.48. The number of hydrogen-bond donors (Lipinski definition) is 1. The summed E-state index contributed by atoms with van der Waals surface area (Å²) in [6, 6.07) is 6.63. The third-order valence-corrected chi connectivity index (χ3v) is 3.74. The molecule has 0 bridgehead atoms. The molecule has 20 heavy (non-hydrogen) atoms. The zero-order valence-corrected chi connectivity index (χ0v) is 12.5. The van der Waals surface area contributed by atoms with Gasteiger partial charge in [-0.1, -0.05) is 13.8 Å². The van der Waals surface area contributed by atoms with Gasteiger partial charge in [0.1, 0.15) is 17.1 Å². The normalized spacial score (nSPS) is 15.2. The average molecular weight is 273 g/mol. The van der Waals surface area contributed by atoms with Gasteiger partial charge >= 0.3 is 0 Å². The summed E-state index contributed by atoms with van der Waals surface area (Å²) in [5, 5.41) is 4.70. The minimum Gasteiger partial charge on any atom is -0.494 e. The second kappa shape index (κ2) is 5.49. The summed E-state index contributed by atoms with van der Waals surface area (Å²) < 4.78 is 11.7. The van der Waals surface area contributed by atoms with Gasteiger partial charge in [0.25, 0.3) is 0 Å². The highest BCUT2D eigenvalue weighted by molar-refractivity contribution is 5.84. The number of nitrogens with one attached hydrogen (secondary N) is 1. The van der Waals surface area contributed by atoms with E-state index in [9.17, 15) is 0 Å². The summed E-state index contributed by atoms with van der Waals surface area (Å²) in [4.78, 5) is 0. The quantitative estimate of drug-likeness (QED) is 0.856. The molecule has 0 saturated heterocycles. The van der Waals surface area contributed by atoms with Gasteiger partial charge in [0, 0.05) is 17.0 Å². The van der Waals surface area contributed by atoms with E-state index in [-0.39, 0.29) is 0 Å². The van der Waals surface area contributed by atoms with Crippen molar-refractivity contribution >= 4 is 11.0 Å². The molecular formula is C17H23NO2. The monoisotopic (exact) mass is 273 g/mol. The van der Waals surface area contributed by atoms with Crippen molar-refractivity contribution in [3.63, 3.8) is 0 Å². The number of furan rings is 1. The predicted octanol–water partition coefficient (Wildman–Crippen LogP) is 4.21. The summed E-state index contributed by atoms with van der Waals surface area (Å²) in [6.45, 7) is 7.84. The van der Waals surface area contributed by atoms with E-state index in [1.165, 1.54) is 23.8 Å². The van der Waals surface area contributed by atoms with Crippen LogP contribution in [0, 0.1) is 0 Å². The van der Waals surface area contributed by atoms with Gasteiger partial charge in [-0.05, 0) is 43.9 Å². The first kappa shape index (κ1) is 13.5. The first-order valence-electron chi connectivity index (χ1n) is 7.60. The summed E-state index contributed by atoms with van der Waals surface area (Å²) in [5.41, 5.74) is 2.38. The molecule has 1 heterocycles. The Morgan fingerprint density at radius 2 is 2.15 bits per heavy atom. The molecule has 3 heteroatoms. The zero-order chi connectivity index (χ0) is 14.1. The SMILES string of the molecule is CCOc1ccc2oc(CNC(C)C)c(C3CC3)c2c1. The number of rotatable bonds is 6. The number of benzene rings is 1. The lowest BCUT2D eigenvalue weighted by molar-refractivity contribution is 0.340. The number of ether oxygens (including phenoxy) is 1. The molecule has 1 aliphatic carbocycles. The van der Waals surface area contributed by atoms with Crippen LogP contribution in [-0.4, -0.2) is 12.6 Å². The highest BCUT2D eigenvalue weighted by Gasteiger charge is 2.30. The van der Waals surface area contributed by atoms with Crippen LogP contribution in [0.1, 0.15) is 50.9 Å². The summed E-state index contributed by atoms with van der Waals surface area (Å²) in [5.74, 6) is 2.72. The van der Waals surface area contributed by atoms with Crippen LogP contribution in [0.2, 0.25) is 0 Å². The molecular weight excluding hydrogens is 250 g/mol. The number of hydrogen-bond acceptors (Lipinski definition) is 3. The lowest BCUT2D eigenvalue weighted by atomic mass is 10.1. The van der Waals surface area contributed by atoms with Crippen molar-refractivity contribution in [1.29, 1.82) is 0 Å². The van der Waals surface area contributed by atoms with Crippen LogP contribution >= 0.6 is 0 Å². The van der Waals surface area contributed by atoms with Crippen molar-refractivity contribution in [2.24, 2.45) is 0 Å². The van der Waals surface area contributed by atoms with Crippen molar-refractivity contribution in [2.75, 3.05) is 6.61 Å². The van der Waals surface area contributed by atoms with Crippen LogP contribution < -0.4 is 10.1 Å². The average Bonchev–Trinajstić information content (AvgIpc) is 3.18. The van der Waals surface area contributed by atoms with E-state index in [1.54, 1.807) is 0 Å². The van der Waals surface area contributed by atoms with Crippen LogP contribution in [-0.2, 0) is 6.54 Å². The van der Waals surface area contributed by atoms with Gasteiger partial charge in [-0.3, -0.25) is 0 Å². The molecule has 0 amide bonds. The van der Waals surface area contributed by atoms with Crippen LogP contribution in [0.15, 0.2) is 22.6 Å². The first-order valence-corrected chi connectivity index (χ1v) is 7.60. The van der Waals surface area contributed by atoms with Crippen molar-refractivity contribution in [2.45, 2.75) is 52.1 Å². The summed E-state index contributed by atoms with van der Waals surface area (Å²) in [7, 11) is 0. The fourth-order valence-corrected chi connectivity index (χ4v) is 2.65. The molecule has 1 aliphatic rings. The van der Waals surface area contributed by atoms with Crippen LogP contribution in [0.25, 0.3) is 11.0 Å². The van der Waals surface area contributed by atoms with E-state index in [4.69, 9.17) is 9.15 Å². The second-order valence-electron chi connectivity index (χ2n) is 5.84. The Bertz CT molecular complexity index is 596. The van der Waals surface area contributed by atoms with Crippen molar-refractivity contribution in [3.8, 4) is 5.75 Å². The molecule has 1 fully saturated rings. The smallest absolute Gasteiger partial charge is 0.134 e. The topological polar surface area (TPSA) is 34.4 Å². The van der Waals surface area contributed by atoms with Crippen LogP contribution in [0.4, 0.5) is 0 Å². The lowest BCUT2D eigenvalue weighted by Gasteiger charge is -2.07. The lowest BCUT2D eigenvalue weighted by Crippen LogP contribution is -2.22. The van der Waals surface area contributed by atoms with Crippen molar-refractivity contribution in [3.05, 3.63) is 29.5 Å². The number of fused-ring (bicyclic) bond motifs is 1. The molecule has 0 radical (unpaired) electrons. The third kappa shape index (κ3) is 2.68. The molecule has 0 aliphatic heterocycles. The Morgan fingerprint density at radius 1 is 1.35 bits per heavy atom. The Balaban J connectivity index is 1.99. The first-order chi connectivity index (χ1) is 9.69. The maximum atomic E-state index is 6.07. The van der Waals surface area contributed by atoms with E-state index >= 15 is 0 Å². The molecule has 1 N–H and O–H groups in total. The van der Waals surface area contributed by atoms with Gasteiger partial charge in [-0.25, -0.2) is 0 Å². The van der Waals surface area contributed by atoms with Crippen LogP contribution in [0.5, 0.6) is 5.75 Å². The van der Waals surface area contributed by atoms with E-state index in [0.29, 0.717) is 18.6 Å². The standard InChI is InChI=1S/C17H23NO2/c1-4-19-13-7-8-15-14(9-13)17(12-5-6-12)16(20-15)10-18-11(2)3/h7-9,11-12,18H,4-6,10H2,1-3H3. The maximum absolute atomic E-state index is 6.07. The molecule has 3 rings (SSSR count). The van der Waals surface area contributed by atoms with Gasteiger partial charge in [-0.2, -0.15) is 0 Å². The molecule has 0 atom stereocenters. The molecule has 1 aromatic heterocycles. The van der Waals surface area contributed by atoms with Gasteiger partial charge in [0.2, 0.25) is 0 Å². The summed E-state index contributed by atoms with van der Waals surface area (Å²) >= 11 is 0. The molecule has 1 aromatic carbocycles. The Kier molecular flexibility index (Phi) is 3.70. The van der Waals surface area contributed by atoms with Gasteiger partial charge in [-0.15, -0.1) is 0 Å². The van der Waals surface area contributed by atoms with E-state index in [1.807, 2.05) is 19.1 Å². The van der Waals surface area contributed by atoms with Gasteiger partial charge < -0.3 is 14.5 Å². The molecule has 0 unspecified atom stereocenters. The third-order valence-electron chi connectivity index (χ3n) is 3.74. The molecule has 0 spiro atoms. The highest BCUT2D eigenvalue weighted by atomic mass is 16.5. The van der Waals surface area contributed by atoms with Gasteiger partial charge in [0.05, 0.1) is 13.2 Å². The zero-order valence-electron chi connectivity index (χ0n) is 12.5.